The predicted molar refractivity (Wildman–Crippen MR) is 156 cm³/mol. The van der Waals surface area contributed by atoms with E-state index in [9.17, 15) is 4.79 Å². The van der Waals surface area contributed by atoms with Crippen molar-refractivity contribution in [3.8, 4) is 0 Å². The normalized spacial score (nSPS) is 35.4. The largest absolute Gasteiger partial charge is 0.458 e. The molecule has 0 N–H and O–H groups in total. The van der Waals surface area contributed by atoms with Crippen molar-refractivity contribution < 1.29 is 9.53 Å². The van der Waals surface area contributed by atoms with Crippen LogP contribution in [0.15, 0.2) is 24.3 Å². The van der Waals surface area contributed by atoms with E-state index in [1.165, 1.54) is 76.1 Å². The number of hydrogen-bond acceptors (Lipinski definition) is 5. The van der Waals surface area contributed by atoms with Gasteiger partial charge in [-0.15, -0.1) is 0 Å². The van der Waals surface area contributed by atoms with Gasteiger partial charge >= 0.3 is 5.97 Å². The Morgan fingerprint density at radius 2 is 1.51 bits per heavy atom. The van der Waals surface area contributed by atoms with Gasteiger partial charge in [0.15, 0.2) is 0 Å². The smallest absolute Gasteiger partial charge is 0.329 e. The van der Waals surface area contributed by atoms with E-state index in [1.54, 1.807) is 0 Å². The number of hydrogen-bond donors (Lipinski definition) is 0. The van der Waals surface area contributed by atoms with Crippen molar-refractivity contribution in [3.05, 3.63) is 24.3 Å². The molecule has 7 atom stereocenters. The van der Waals surface area contributed by atoms with Crippen molar-refractivity contribution >= 4 is 23.0 Å². The highest BCUT2D eigenvalue weighted by molar-refractivity contribution is 5.83. The lowest BCUT2D eigenvalue weighted by atomic mass is 9.68. The maximum atomic E-state index is 13.3. The van der Waals surface area contributed by atoms with Gasteiger partial charge in [-0.05, 0) is 103 Å². The van der Waals surface area contributed by atoms with Crippen molar-refractivity contribution in [3.63, 3.8) is 0 Å². The predicted octanol–water partition coefficient (Wildman–Crippen LogP) is 6.87. The molecular weight excluding hydrogens is 484 g/mol. The van der Waals surface area contributed by atoms with Crippen LogP contribution in [0.2, 0.25) is 0 Å². The van der Waals surface area contributed by atoms with Gasteiger partial charge in [-0.3, -0.25) is 4.90 Å². The lowest BCUT2D eigenvalue weighted by Crippen LogP contribution is -2.58. The average molecular weight is 533 g/mol. The molecule has 6 nitrogen and oxygen atoms in total. The zero-order chi connectivity index (χ0) is 26.7. The van der Waals surface area contributed by atoms with Gasteiger partial charge in [0.1, 0.15) is 11.6 Å². The first-order chi connectivity index (χ1) is 18.8. The van der Waals surface area contributed by atoms with Crippen LogP contribution in [0.3, 0.4) is 0 Å². The molecule has 2 aliphatic carbocycles. The number of imidazole rings is 1. The second kappa shape index (κ2) is 10.1. The zero-order valence-electron chi connectivity index (χ0n) is 24.4. The molecule has 2 saturated carbocycles. The van der Waals surface area contributed by atoms with E-state index in [0.717, 1.165) is 48.7 Å². The number of nitrogens with zero attached hydrogens (tertiary/aromatic N) is 4. The van der Waals surface area contributed by atoms with Crippen LogP contribution >= 0.6 is 0 Å². The van der Waals surface area contributed by atoms with Crippen LogP contribution in [-0.4, -0.2) is 56.7 Å². The Balaban J connectivity index is 1.19. The Morgan fingerprint density at radius 3 is 2.23 bits per heavy atom. The van der Waals surface area contributed by atoms with Crippen molar-refractivity contribution in [1.29, 1.82) is 0 Å². The molecule has 6 heteroatoms. The third-order valence-electron chi connectivity index (χ3n) is 10.7. The number of benzene rings is 1. The van der Waals surface area contributed by atoms with Crippen LogP contribution in [0.25, 0.3) is 11.0 Å². The number of rotatable bonds is 4. The monoisotopic (exact) mass is 532 g/mol. The SMILES string of the molecule is CC(C)(C)OC(=O)[C@H]1CCCN1c1nc2ccccc2n1C1C[C@H]2CCC[C@@H](C1)N2C1C[C@H]2CCC[C@@H](C1)C2. The number of para-hydroxylation sites is 2. The summed E-state index contributed by atoms with van der Waals surface area (Å²) in [6.07, 6.45) is 17.1. The fourth-order valence-electron chi connectivity index (χ4n) is 9.35. The topological polar surface area (TPSA) is 50.6 Å². The Hall–Kier alpha value is -2.08. The van der Waals surface area contributed by atoms with Gasteiger partial charge in [0.05, 0.1) is 11.0 Å². The first kappa shape index (κ1) is 25.9. The Morgan fingerprint density at radius 1 is 0.821 bits per heavy atom. The van der Waals surface area contributed by atoms with Crippen LogP contribution in [0.4, 0.5) is 5.95 Å². The van der Waals surface area contributed by atoms with Crippen LogP contribution in [0, 0.1) is 11.8 Å². The maximum Gasteiger partial charge on any atom is 0.329 e. The van der Waals surface area contributed by atoms with E-state index >= 15 is 0 Å². The van der Waals surface area contributed by atoms with Gasteiger partial charge in [0.2, 0.25) is 5.95 Å². The molecule has 3 aliphatic heterocycles. The van der Waals surface area contributed by atoms with E-state index < -0.39 is 5.60 Å². The average Bonchev–Trinajstić information content (AvgIpc) is 3.52. The number of piperidine rings is 2. The molecule has 212 valence electrons. The molecule has 2 unspecified atom stereocenters. The molecule has 2 aromatic rings. The molecule has 5 aliphatic rings. The molecule has 0 spiro atoms. The van der Waals surface area contributed by atoms with Crippen molar-refractivity contribution in [2.75, 3.05) is 11.4 Å². The minimum Gasteiger partial charge on any atom is -0.458 e. The third kappa shape index (κ3) is 4.89. The van der Waals surface area contributed by atoms with Crippen molar-refractivity contribution in [1.82, 2.24) is 14.5 Å². The summed E-state index contributed by atoms with van der Waals surface area (Å²) in [6, 6.07) is 11.0. The minimum absolute atomic E-state index is 0.104. The van der Waals surface area contributed by atoms with Gasteiger partial charge in [-0.1, -0.05) is 37.8 Å². The molecule has 5 fully saturated rings. The highest BCUT2D eigenvalue weighted by atomic mass is 16.6. The molecule has 0 radical (unpaired) electrons. The summed E-state index contributed by atoms with van der Waals surface area (Å²) in [4.78, 5) is 23.8. The number of fused-ring (bicyclic) bond motifs is 5. The summed E-state index contributed by atoms with van der Waals surface area (Å²) in [6.45, 7) is 6.76. The van der Waals surface area contributed by atoms with Crippen LogP contribution in [-0.2, 0) is 9.53 Å². The number of carbonyl (C=O) groups excluding carboxylic acids is 1. The first-order valence-corrected chi connectivity index (χ1v) is 16.1. The van der Waals surface area contributed by atoms with Gasteiger partial charge in [0, 0.05) is 30.7 Å². The van der Waals surface area contributed by atoms with Crippen molar-refractivity contribution in [2.24, 2.45) is 11.8 Å². The number of esters is 1. The molecule has 4 heterocycles. The summed E-state index contributed by atoms with van der Waals surface area (Å²) >= 11 is 0. The Bertz CT molecular complexity index is 1170. The van der Waals surface area contributed by atoms with Crippen molar-refractivity contribution in [2.45, 2.75) is 140 Å². The summed E-state index contributed by atoms with van der Waals surface area (Å²) in [5.41, 5.74) is 1.80. The second-order valence-corrected chi connectivity index (χ2v) is 14.5. The fourth-order valence-corrected chi connectivity index (χ4v) is 9.35. The molecule has 1 aromatic heterocycles. The fraction of sp³-hybridized carbons (Fsp3) is 0.758. The van der Waals surface area contributed by atoms with E-state index in [-0.39, 0.29) is 12.0 Å². The lowest BCUT2D eigenvalue weighted by molar-refractivity contribution is -0.156. The minimum atomic E-state index is -0.479. The quantitative estimate of drug-likeness (QED) is 0.402. The van der Waals surface area contributed by atoms with Gasteiger partial charge in [-0.25, -0.2) is 9.78 Å². The summed E-state index contributed by atoms with van der Waals surface area (Å²) < 4.78 is 8.43. The number of carbonyl (C=O) groups is 1. The molecule has 7 rings (SSSR count). The standard InChI is InChI=1S/C33H48N4O2/c1-33(2,3)39-31(38)30-15-8-16-35(30)32-34-28-13-4-5-14-29(28)37(32)27-20-24-11-7-12-25(21-27)36(24)26-18-22-9-6-10-23(17-22)19-26/h4-5,13-14,22-27,30H,6-12,15-21H2,1-3H3/t22-,23+,24-,25+,26?,27?,30-/m1/s1. The second-order valence-electron chi connectivity index (χ2n) is 14.5. The molecule has 1 aromatic carbocycles. The van der Waals surface area contributed by atoms with E-state index in [2.05, 4.69) is 38.6 Å². The molecule has 4 bridgehead atoms. The van der Waals surface area contributed by atoms with Crippen LogP contribution in [0.5, 0.6) is 0 Å². The van der Waals surface area contributed by atoms with E-state index in [1.807, 2.05) is 20.8 Å². The molecule has 39 heavy (non-hydrogen) atoms. The molecular formula is C33H48N4O2. The van der Waals surface area contributed by atoms with E-state index in [0.29, 0.717) is 18.1 Å². The Kier molecular flexibility index (Phi) is 6.68. The summed E-state index contributed by atoms with van der Waals surface area (Å²) in [7, 11) is 0. The number of aromatic nitrogens is 2. The van der Waals surface area contributed by atoms with Crippen LogP contribution < -0.4 is 4.90 Å². The first-order valence-electron chi connectivity index (χ1n) is 16.1. The molecule has 3 saturated heterocycles. The van der Waals surface area contributed by atoms with Crippen LogP contribution in [0.1, 0.15) is 110 Å². The number of ether oxygens (including phenoxy) is 1. The van der Waals surface area contributed by atoms with Gasteiger partial charge in [-0.2, -0.15) is 0 Å². The lowest BCUT2D eigenvalue weighted by Gasteiger charge is -2.55. The molecule has 0 amide bonds. The van der Waals surface area contributed by atoms with Gasteiger partial charge in [0.25, 0.3) is 0 Å². The maximum absolute atomic E-state index is 13.3. The highest BCUT2D eigenvalue weighted by Crippen LogP contribution is 2.48. The van der Waals surface area contributed by atoms with Gasteiger partial charge < -0.3 is 14.2 Å². The van der Waals surface area contributed by atoms with E-state index in [4.69, 9.17) is 9.72 Å². The summed E-state index contributed by atoms with van der Waals surface area (Å²) in [5, 5.41) is 0. The Labute approximate surface area is 234 Å². The highest BCUT2D eigenvalue weighted by Gasteiger charge is 2.46. The summed E-state index contributed by atoms with van der Waals surface area (Å²) in [5.74, 6) is 2.84. The zero-order valence-corrected chi connectivity index (χ0v) is 24.4. The third-order valence-corrected chi connectivity index (χ3v) is 10.7. The number of anilines is 1.